The molecule has 0 radical (unpaired) electrons. The van der Waals surface area contributed by atoms with E-state index in [9.17, 15) is 19.5 Å². The molecule has 3 aliphatic rings. The average molecular weight is 348 g/mol. The van der Waals surface area contributed by atoms with E-state index in [1.54, 1.807) is 6.07 Å². The summed E-state index contributed by atoms with van der Waals surface area (Å²) in [5.41, 5.74) is 2.44. The first kappa shape index (κ1) is 15.1. The van der Waals surface area contributed by atoms with Gasteiger partial charge < -0.3 is 5.11 Å². The number of benzene rings is 2. The second-order valence-corrected chi connectivity index (χ2v) is 7.17. The van der Waals surface area contributed by atoms with Crippen molar-refractivity contribution in [2.45, 2.75) is 6.42 Å². The summed E-state index contributed by atoms with van der Waals surface area (Å²) in [6.07, 6.45) is 4.83. The normalized spacial score (nSPS) is 28.8. The van der Waals surface area contributed by atoms with E-state index in [1.807, 2.05) is 36.4 Å². The van der Waals surface area contributed by atoms with Crippen LogP contribution in [0.1, 0.15) is 16.8 Å². The van der Waals surface area contributed by atoms with Crippen LogP contribution >= 0.6 is 0 Å². The molecule has 130 valence electrons. The van der Waals surface area contributed by atoms with Gasteiger partial charge in [0.15, 0.2) is 0 Å². The summed E-state index contributed by atoms with van der Waals surface area (Å²) in [5, 5.41) is 12.6. The van der Waals surface area contributed by atoms with Crippen LogP contribution in [0.2, 0.25) is 0 Å². The molecule has 1 heterocycles. The van der Waals surface area contributed by atoms with Gasteiger partial charge in [-0.05, 0) is 41.2 Å². The van der Waals surface area contributed by atoms with Crippen LogP contribution in [-0.4, -0.2) is 27.8 Å². The van der Waals surface area contributed by atoms with Crippen LogP contribution in [0.3, 0.4) is 0 Å². The van der Waals surface area contributed by atoms with Gasteiger partial charge >= 0.3 is 0 Å². The van der Waals surface area contributed by atoms with Crippen molar-refractivity contribution in [3.05, 3.63) is 54.1 Å². The molecule has 2 aromatic rings. The number of fused-ring (bicyclic) bond motifs is 6. The van der Waals surface area contributed by atoms with Crippen molar-refractivity contribution in [3.8, 4) is 5.75 Å². The molecule has 2 aromatic carbocycles. The molecule has 6 nitrogen and oxygen atoms in total. The Morgan fingerprint density at radius 2 is 1.58 bits per heavy atom. The highest BCUT2D eigenvalue weighted by Gasteiger charge is 2.59. The predicted octanol–water partition coefficient (Wildman–Crippen LogP) is 2.00. The van der Waals surface area contributed by atoms with Crippen molar-refractivity contribution in [1.82, 2.24) is 10.4 Å². The molecule has 2 bridgehead atoms. The summed E-state index contributed by atoms with van der Waals surface area (Å²) >= 11 is 0. The number of allylic oxidation sites excluding steroid dienone is 2. The first-order valence-corrected chi connectivity index (χ1v) is 8.63. The van der Waals surface area contributed by atoms with Gasteiger partial charge in [0.25, 0.3) is 17.7 Å². The number of hydrogen-bond donors (Lipinski definition) is 2. The molecule has 3 amide bonds. The molecule has 4 atom stereocenters. The van der Waals surface area contributed by atoms with E-state index in [2.05, 4.69) is 5.43 Å². The van der Waals surface area contributed by atoms with Crippen LogP contribution in [0.25, 0.3) is 10.8 Å². The summed E-state index contributed by atoms with van der Waals surface area (Å²) < 4.78 is 0. The first-order valence-electron chi connectivity index (χ1n) is 8.63. The zero-order chi connectivity index (χ0) is 18.0. The van der Waals surface area contributed by atoms with Crippen molar-refractivity contribution >= 4 is 28.5 Å². The number of carbonyl (C=O) groups is 3. The van der Waals surface area contributed by atoms with E-state index in [1.165, 1.54) is 6.07 Å². The molecule has 2 N–H and O–H groups in total. The number of carbonyl (C=O) groups excluding carboxylic acids is 3. The molecule has 0 spiro atoms. The Morgan fingerprint density at radius 1 is 1.00 bits per heavy atom. The molecular formula is C20H16N2O4. The molecule has 2 fully saturated rings. The maximum absolute atomic E-state index is 12.6. The SMILES string of the molecule is O=C(NN1C(=O)[C@@H]2[C@@H](C1=O)[C@H]1C=C[C@@H]2C1)c1cc2ccccc2cc1O. The number of amides is 3. The number of phenolic OH excluding ortho intramolecular Hbond substituents is 1. The summed E-state index contributed by atoms with van der Waals surface area (Å²) in [6, 6.07) is 10.4. The molecule has 1 saturated heterocycles. The van der Waals surface area contributed by atoms with Crippen LogP contribution in [0.15, 0.2) is 48.6 Å². The van der Waals surface area contributed by atoms with Crippen molar-refractivity contribution in [3.63, 3.8) is 0 Å². The quantitative estimate of drug-likeness (QED) is 0.642. The third-order valence-electron chi connectivity index (χ3n) is 5.79. The number of hydrogen-bond acceptors (Lipinski definition) is 4. The maximum atomic E-state index is 12.6. The molecule has 0 unspecified atom stereocenters. The topological polar surface area (TPSA) is 86.7 Å². The van der Waals surface area contributed by atoms with Crippen molar-refractivity contribution < 1.29 is 19.5 Å². The standard InChI is InChI=1S/C20H16N2O4/c23-15-9-11-4-2-1-3-10(11)8-14(15)18(24)21-22-19(25)16-12-5-6-13(7-12)17(16)20(22)26/h1-6,8-9,12-13,16-17,23H,7H2,(H,21,24)/t12-,13+,16-,17-/m0/s1. The monoisotopic (exact) mass is 348 g/mol. The number of imide groups is 1. The van der Waals surface area contributed by atoms with E-state index < -0.39 is 5.91 Å². The third kappa shape index (κ3) is 1.95. The van der Waals surface area contributed by atoms with Gasteiger partial charge in [-0.15, -0.1) is 0 Å². The fraction of sp³-hybridized carbons (Fsp3) is 0.250. The van der Waals surface area contributed by atoms with Crippen molar-refractivity contribution in [2.75, 3.05) is 0 Å². The minimum atomic E-state index is -0.671. The van der Waals surface area contributed by atoms with E-state index >= 15 is 0 Å². The molecule has 26 heavy (non-hydrogen) atoms. The Morgan fingerprint density at radius 3 is 2.19 bits per heavy atom. The Kier molecular flexibility index (Phi) is 3.01. The molecular weight excluding hydrogens is 332 g/mol. The van der Waals surface area contributed by atoms with E-state index in [0.717, 1.165) is 22.2 Å². The van der Waals surface area contributed by atoms with Gasteiger partial charge in [0, 0.05) is 0 Å². The Hall–Kier alpha value is -3.15. The van der Waals surface area contributed by atoms with Gasteiger partial charge in [0.1, 0.15) is 5.75 Å². The summed E-state index contributed by atoms with van der Waals surface area (Å²) in [6.45, 7) is 0. The number of nitrogens with zero attached hydrogens (tertiary/aromatic N) is 1. The molecule has 5 rings (SSSR count). The van der Waals surface area contributed by atoms with Crippen LogP contribution in [-0.2, 0) is 9.59 Å². The van der Waals surface area contributed by atoms with E-state index in [0.29, 0.717) is 0 Å². The second-order valence-electron chi connectivity index (χ2n) is 7.17. The van der Waals surface area contributed by atoms with Crippen LogP contribution in [0.5, 0.6) is 5.75 Å². The average Bonchev–Trinajstić information content (AvgIpc) is 3.31. The zero-order valence-electron chi connectivity index (χ0n) is 13.8. The van der Waals surface area contributed by atoms with E-state index in [4.69, 9.17) is 0 Å². The fourth-order valence-corrected chi connectivity index (χ4v) is 4.58. The molecule has 1 saturated carbocycles. The predicted molar refractivity (Wildman–Crippen MR) is 92.6 cm³/mol. The van der Waals surface area contributed by atoms with Crippen LogP contribution in [0.4, 0.5) is 0 Å². The van der Waals surface area contributed by atoms with Gasteiger partial charge in [-0.3, -0.25) is 19.8 Å². The number of rotatable bonds is 2. The highest BCUT2D eigenvalue weighted by molar-refractivity contribution is 6.09. The lowest BCUT2D eigenvalue weighted by Crippen LogP contribution is -2.47. The highest BCUT2D eigenvalue weighted by Crippen LogP contribution is 2.52. The molecule has 6 heteroatoms. The summed E-state index contributed by atoms with van der Waals surface area (Å²) in [7, 11) is 0. The summed E-state index contributed by atoms with van der Waals surface area (Å²) in [4.78, 5) is 37.9. The van der Waals surface area contributed by atoms with Gasteiger partial charge in [0.2, 0.25) is 0 Å². The molecule has 1 aliphatic heterocycles. The number of nitrogens with one attached hydrogen (secondary N) is 1. The maximum Gasteiger partial charge on any atom is 0.274 e. The van der Waals surface area contributed by atoms with Crippen LogP contribution < -0.4 is 5.43 Å². The summed E-state index contributed by atoms with van der Waals surface area (Å²) in [5.74, 6) is -2.16. The zero-order valence-corrected chi connectivity index (χ0v) is 13.8. The third-order valence-corrected chi connectivity index (χ3v) is 5.79. The smallest absolute Gasteiger partial charge is 0.274 e. The highest BCUT2D eigenvalue weighted by atomic mass is 16.3. The fourth-order valence-electron chi connectivity index (χ4n) is 4.58. The minimum Gasteiger partial charge on any atom is -0.507 e. The van der Waals surface area contributed by atoms with Gasteiger partial charge in [-0.2, -0.15) is 5.01 Å². The minimum absolute atomic E-state index is 0.0301. The van der Waals surface area contributed by atoms with E-state index in [-0.39, 0.29) is 46.8 Å². The lowest BCUT2D eigenvalue weighted by Gasteiger charge is -2.18. The molecule has 0 aromatic heterocycles. The lowest BCUT2D eigenvalue weighted by molar-refractivity contribution is -0.143. The van der Waals surface area contributed by atoms with Gasteiger partial charge in [0.05, 0.1) is 17.4 Å². The number of hydrazine groups is 1. The van der Waals surface area contributed by atoms with Gasteiger partial charge in [-0.25, -0.2) is 0 Å². The molecule has 2 aliphatic carbocycles. The first-order chi connectivity index (χ1) is 12.5. The second kappa shape index (κ2) is 5.17. The Balaban J connectivity index is 1.44. The Labute approximate surface area is 149 Å². The van der Waals surface area contributed by atoms with Gasteiger partial charge in [-0.1, -0.05) is 36.4 Å². The number of phenols is 1. The van der Waals surface area contributed by atoms with Crippen LogP contribution in [0, 0.1) is 23.7 Å². The lowest BCUT2D eigenvalue weighted by atomic mass is 9.85. The van der Waals surface area contributed by atoms with Crippen molar-refractivity contribution in [1.29, 1.82) is 0 Å². The van der Waals surface area contributed by atoms with Crippen molar-refractivity contribution in [2.24, 2.45) is 23.7 Å². The Bertz CT molecular complexity index is 982. The number of aromatic hydroxyl groups is 1. The largest absolute Gasteiger partial charge is 0.507 e.